The second-order valence-electron chi connectivity index (χ2n) is 12.3. The molecule has 4 saturated carbocycles. The molecule has 0 spiro atoms. The van der Waals surface area contributed by atoms with Crippen LogP contribution in [0.25, 0.3) is 0 Å². The first kappa shape index (κ1) is 25.2. The molecule has 5 rings (SSSR count). The first-order valence-electron chi connectivity index (χ1n) is 13.7. The van der Waals surface area contributed by atoms with Crippen molar-refractivity contribution in [2.75, 3.05) is 0 Å². The third-order valence-electron chi connectivity index (χ3n) is 9.92. The van der Waals surface area contributed by atoms with E-state index in [9.17, 15) is 18.6 Å². The van der Waals surface area contributed by atoms with Gasteiger partial charge in [-0.25, -0.2) is 8.42 Å². The predicted octanol–water partition coefficient (Wildman–Crippen LogP) is 5.99. The maximum Gasteiger partial charge on any atom is 0.184 e. The average Bonchev–Trinajstić information content (AvgIpc) is 3.51. The van der Waals surface area contributed by atoms with Crippen LogP contribution < -0.4 is 0 Å². The van der Waals surface area contributed by atoms with Crippen molar-refractivity contribution in [3.63, 3.8) is 0 Å². The maximum atomic E-state index is 13.5. The molecule has 2 N–H and O–H groups in total. The largest absolute Gasteiger partial charge is 0.393 e. The Morgan fingerprint density at radius 2 is 1.71 bits per heavy atom. The normalized spacial score (nSPS) is 36.6. The van der Waals surface area contributed by atoms with Crippen molar-refractivity contribution in [2.45, 2.75) is 106 Å². The highest BCUT2D eigenvalue weighted by molar-refractivity contribution is 7.93. The molecule has 4 nitrogen and oxygen atoms in total. The van der Waals surface area contributed by atoms with Crippen molar-refractivity contribution in [2.24, 2.45) is 23.2 Å². The lowest BCUT2D eigenvalue weighted by Crippen LogP contribution is -2.38. The molecule has 0 aromatic heterocycles. The number of aliphatic hydroxyl groups excluding tert-OH is 2. The Labute approximate surface area is 211 Å². The second-order valence-corrected chi connectivity index (χ2v) is 14.6. The SMILES string of the molecule is C[C@H](CC1(S(=O)(=O)c2ccccc2)CC1)[C@H]1CC[C@H]2/C(=C/C=C3C[C@@H](O)C[C@H](O)C3)CCC[C@]12C. The Balaban J connectivity index is 1.32. The zero-order valence-corrected chi connectivity index (χ0v) is 22.1. The van der Waals surface area contributed by atoms with Crippen molar-refractivity contribution < 1.29 is 18.6 Å². The minimum Gasteiger partial charge on any atom is -0.393 e. The smallest absolute Gasteiger partial charge is 0.184 e. The Morgan fingerprint density at radius 1 is 1.03 bits per heavy atom. The Bertz CT molecular complexity index is 1070. The number of hydrogen-bond donors (Lipinski definition) is 2. The van der Waals surface area contributed by atoms with E-state index in [1.165, 1.54) is 31.3 Å². The fourth-order valence-electron chi connectivity index (χ4n) is 8.05. The van der Waals surface area contributed by atoms with E-state index in [0.29, 0.717) is 41.9 Å². The first-order valence-corrected chi connectivity index (χ1v) is 15.2. The van der Waals surface area contributed by atoms with Crippen LogP contribution in [0.5, 0.6) is 0 Å². The van der Waals surface area contributed by atoms with Gasteiger partial charge >= 0.3 is 0 Å². The molecule has 192 valence electrons. The van der Waals surface area contributed by atoms with Crippen LogP contribution in [0.4, 0.5) is 0 Å². The molecule has 4 aliphatic rings. The molecular formula is C30H42O4S. The summed E-state index contributed by atoms with van der Waals surface area (Å²) in [7, 11) is -3.30. The van der Waals surface area contributed by atoms with Crippen molar-refractivity contribution in [3.05, 3.63) is 53.6 Å². The van der Waals surface area contributed by atoms with Gasteiger partial charge in [-0.3, -0.25) is 0 Å². The molecule has 6 atom stereocenters. The van der Waals surface area contributed by atoms with Gasteiger partial charge < -0.3 is 10.2 Å². The number of benzene rings is 1. The van der Waals surface area contributed by atoms with E-state index in [0.717, 1.165) is 31.3 Å². The highest BCUT2D eigenvalue weighted by Crippen LogP contribution is 2.62. The molecule has 0 aliphatic heterocycles. The van der Waals surface area contributed by atoms with Crippen LogP contribution >= 0.6 is 0 Å². The summed E-state index contributed by atoms with van der Waals surface area (Å²) in [5.41, 5.74) is 2.90. The average molecular weight is 499 g/mol. The monoisotopic (exact) mass is 498 g/mol. The standard InChI is InChI=1S/C30H42O4S/c1-21(20-30(15-16-30)35(33,34)26-8-4-3-5-9-26)27-12-13-28-23(7-6-14-29(27,28)2)11-10-22-17-24(31)19-25(32)18-22/h3-5,8-11,21,24-25,27-28,31-32H,6-7,12-20H2,1-2H3/b23-11+/t21-,24-,25-,27-,28+,29-/m1/s1. The third-order valence-corrected chi connectivity index (χ3v) is 12.5. The molecule has 4 fully saturated rings. The van der Waals surface area contributed by atoms with Gasteiger partial charge in [0, 0.05) is 0 Å². The summed E-state index contributed by atoms with van der Waals surface area (Å²) in [5.74, 6) is 1.48. The van der Waals surface area contributed by atoms with Crippen molar-refractivity contribution in [1.29, 1.82) is 0 Å². The van der Waals surface area contributed by atoms with Crippen LogP contribution in [-0.2, 0) is 9.84 Å². The topological polar surface area (TPSA) is 74.6 Å². The molecule has 0 radical (unpaired) electrons. The van der Waals surface area contributed by atoms with Gasteiger partial charge in [0.15, 0.2) is 9.84 Å². The maximum absolute atomic E-state index is 13.5. The number of rotatable bonds is 6. The number of fused-ring (bicyclic) bond motifs is 1. The molecule has 5 heteroatoms. The highest BCUT2D eigenvalue weighted by Gasteiger charge is 2.58. The Hall–Kier alpha value is -1.43. The Morgan fingerprint density at radius 3 is 2.37 bits per heavy atom. The van der Waals surface area contributed by atoms with E-state index in [1.54, 1.807) is 12.1 Å². The van der Waals surface area contributed by atoms with Gasteiger partial charge in [-0.2, -0.15) is 0 Å². The van der Waals surface area contributed by atoms with Gasteiger partial charge in [0.1, 0.15) is 0 Å². The quantitative estimate of drug-likeness (QED) is 0.505. The van der Waals surface area contributed by atoms with Crippen molar-refractivity contribution in [3.8, 4) is 0 Å². The summed E-state index contributed by atoms with van der Waals surface area (Å²) in [5, 5.41) is 20.1. The van der Waals surface area contributed by atoms with Crippen LogP contribution in [0.15, 0.2) is 58.5 Å². The van der Waals surface area contributed by atoms with Crippen molar-refractivity contribution >= 4 is 9.84 Å². The molecule has 0 amide bonds. The molecule has 0 heterocycles. The summed E-state index contributed by atoms with van der Waals surface area (Å²) < 4.78 is 26.5. The highest BCUT2D eigenvalue weighted by atomic mass is 32.2. The molecule has 1 aromatic rings. The lowest BCUT2D eigenvalue weighted by atomic mass is 9.60. The molecule has 0 bridgehead atoms. The molecule has 0 unspecified atom stereocenters. The second kappa shape index (κ2) is 9.46. The Kier molecular flexibility index (Phi) is 6.82. The van der Waals surface area contributed by atoms with Crippen LogP contribution in [0, 0.1) is 23.2 Å². The minimum atomic E-state index is -3.30. The summed E-state index contributed by atoms with van der Waals surface area (Å²) >= 11 is 0. The number of allylic oxidation sites excluding steroid dienone is 3. The number of sulfone groups is 1. The zero-order valence-electron chi connectivity index (χ0n) is 21.3. The molecule has 1 aromatic carbocycles. The van der Waals surface area contributed by atoms with Gasteiger partial charge in [-0.1, -0.05) is 55.3 Å². The van der Waals surface area contributed by atoms with Gasteiger partial charge in [0.2, 0.25) is 0 Å². The van der Waals surface area contributed by atoms with E-state index in [4.69, 9.17) is 0 Å². The zero-order chi connectivity index (χ0) is 24.8. The molecule has 4 aliphatic carbocycles. The van der Waals surface area contributed by atoms with E-state index in [1.807, 2.05) is 18.2 Å². The van der Waals surface area contributed by atoms with E-state index >= 15 is 0 Å². The molecule has 0 saturated heterocycles. The van der Waals surface area contributed by atoms with Crippen LogP contribution in [0.1, 0.15) is 84.5 Å². The van der Waals surface area contributed by atoms with Gasteiger partial charge in [0.25, 0.3) is 0 Å². The summed E-state index contributed by atoms with van der Waals surface area (Å²) in [6, 6.07) is 9.04. The van der Waals surface area contributed by atoms with Gasteiger partial charge in [-0.15, -0.1) is 0 Å². The number of hydrogen-bond acceptors (Lipinski definition) is 4. The van der Waals surface area contributed by atoms with Crippen molar-refractivity contribution in [1.82, 2.24) is 0 Å². The fraction of sp³-hybridized carbons (Fsp3) is 0.667. The number of aliphatic hydroxyl groups is 2. The van der Waals surface area contributed by atoms with Crippen LogP contribution in [0.2, 0.25) is 0 Å². The van der Waals surface area contributed by atoms with Crippen LogP contribution in [-0.4, -0.2) is 35.6 Å². The lowest BCUT2D eigenvalue weighted by molar-refractivity contribution is 0.0609. The fourth-order valence-corrected chi connectivity index (χ4v) is 10.2. The molecule has 35 heavy (non-hydrogen) atoms. The predicted molar refractivity (Wildman–Crippen MR) is 140 cm³/mol. The lowest BCUT2D eigenvalue weighted by Gasteiger charge is -2.45. The van der Waals surface area contributed by atoms with E-state index in [-0.39, 0.29) is 5.41 Å². The van der Waals surface area contributed by atoms with Gasteiger partial charge in [0.05, 0.1) is 21.9 Å². The molecular weight excluding hydrogens is 456 g/mol. The summed E-state index contributed by atoms with van der Waals surface area (Å²) in [6.07, 6.45) is 13.7. The summed E-state index contributed by atoms with van der Waals surface area (Å²) in [4.78, 5) is 0.481. The van der Waals surface area contributed by atoms with E-state index < -0.39 is 26.8 Å². The van der Waals surface area contributed by atoms with E-state index in [2.05, 4.69) is 26.0 Å². The minimum absolute atomic E-state index is 0.222. The summed E-state index contributed by atoms with van der Waals surface area (Å²) in [6.45, 7) is 4.77. The third kappa shape index (κ3) is 4.69. The van der Waals surface area contributed by atoms with Crippen LogP contribution in [0.3, 0.4) is 0 Å². The van der Waals surface area contributed by atoms with Gasteiger partial charge in [-0.05, 0) is 106 Å². The first-order chi connectivity index (χ1) is 16.6.